The van der Waals surface area contributed by atoms with E-state index < -0.39 is 0 Å². The molecule has 1 aromatic carbocycles. The van der Waals surface area contributed by atoms with E-state index in [-0.39, 0.29) is 11.7 Å². The predicted molar refractivity (Wildman–Crippen MR) is 73.1 cm³/mol. The second-order valence-corrected chi connectivity index (χ2v) is 5.20. The second-order valence-electron chi connectivity index (χ2n) is 5.20. The molecule has 1 heterocycles. The van der Waals surface area contributed by atoms with Crippen LogP contribution in [0.25, 0.3) is 0 Å². The minimum absolute atomic E-state index is 0.137. The number of benzene rings is 1. The summed E-state index contributed by atoms with van der Waals surface area (Å²) >= 11 is 0. The molecule has 3 nitrogen and oxygen atoms in total. The number of nitrogens with zero attached hydrogens (tertiary/aromatic N) is 1. The SMILES string of the molecule is NCCC1CCN(C(=O)Cc2ccc(F)cc2)CC1. The fourth-order valence-corrected chi connectivity index (χ4v) is 2.60. The molecule has 0 atom stereocenters. The number of carbonyl (C=O) groups is 1. The van der Waals surface area contributed by atoms with Gasteiger partial charge in [0.1, 0.15) is 5.82 Å². The zero-order chi connectivity index (χ0) is 13.7. The summed E-state index contributed by atoms with van der Waals surface area (Å²) in [6, 6.07) is 6.15. The van der Waals surface area contributed by atoms with Gasteiger partial charge >= 0.3 is 0 Å². The molecule has 104 valence electrons. The Morgan fingerprint density at radius 3 is 2.47 bits per heavy atom. The number of amides is 1. The molecule has 19 heavy (non-hydrogen) atoms. The van der Waals surface area contributed by atoms with Gasteiger partial charge in [0, 0.05) is 13.1 Å². The summed E-state index contributed by atoms with van der Waals surface area (Å²) in [5.41, 5.74) is 6.43. The van der Waals surface area contributed by atoms with Crippen LogP contribution in [0.1, 0.15) is 24.8 Å². The zero-order valence-corrected chi connectivity index (χ0v) is 11.1. The highest BCUT2D eigenvalue weighted by molar-refractivity contribution is 5.78. The van der Waals surface area contributed by atoms with Gasteiger partial charge in [-0.2, -0.15) is 0 Å². The molecule has 1 saturated heterocycles. The molecule has 1 aromatic rings. The van der Waals surface area contributed by atoms with Gasteiger partial charge in [0.2, 0.25) is 5.91 Å². The lowest BCUT2D eigenvalue weighted by atomic mass is 9.93. The summed E-state index contributed by atoms with van der Waals surface area (Å²) in [6.07, 6.45) is 3.51. The molecule has 0 radical (unpaired) electrons. The summed E-state index contributed by atoms with van der Waals surface area (Å²) in [6.45, 7) is 2.38. The maximum absolute atomic E-state index is 12.8. The fourth-order valence-electron chi connectivity index (χ4n) is 2.60. The smallest absolute Gasteiger partial charge is 0.226 e. The Balaban J connectivity index is 1.83. The minimum Gasteiger partial charge on any atom is -0.342 e. The van der Waals surface area contributed by atoms with Crippen molar-refractivity contribution in [3.8, 4) is 0 Å². The van der Waals surface area contributed by atoms with E-state index in [1.807, 2.05) is 4.90 Å². The molecule has 2 rings (SSSR count). The molecule has 4 heteroatoms. The number of likely N-dealkylation sites (tertiary alicyclic amines) is 1. The van der Waals surface area contributed by atoms with E-state index >= 15 is 0 Å². The zero-order valence-electron chi connectivity index (χ0n) is 11.1. The lowest BCUT2D eigenvalue weighted by molar-refractivity contribution is -0.131. The molecule has 2 N–H and O–H groups in total. The van der Waals surface area contributed by atoms with Gasteiger partial charge in [-0.1, -0.05) is 12.1 Å². The Labute approximate surface area is 113 Å². The minimum atomic E-state index is -0.265. The van der Waals surface area contributed by atoms with E-state index in [1.54, 1.807) is 12.1 Å². The van der Waals surface area contributed by atoms with Crippen LogP contribution in [0.2, 0.25) is 0 Å². The molecule has 0 bridgehead atoms. The van der Waals surface area contributed by atoms with Crippen molar-refractivity contribution in [1.82, 2.24) is 4.90 Å². The van der Waals surface area contributed by atoms with E-state index in [1.165, 1.54) is 12.1 Å². The third-order valence-electron chi connectivity index (χ3n) is 3.81. The number of rotatable bonds is 4. The predicted octanol–water partition coefficient (Wildman–Crippen LogP) is 1.96. The molecule has 1 aliphatic rings. The van der Waals surface area contributed by atoms with Crippen LogP contribution in [-0.4, -0.2) is 30.4 Å². The van der Waals surface area contributed by atoms with Crippen molar-refractivity contribution in [2.75, 3.05) is 19.6 Å². The third-order valence-corrected chi connectivity index (χ3v) is 3.81. The summed E-state index contributed by atoms with van der Waals surface area (Å²) in [5.74, 6) is 0.538. The largest absolute Gasteiger partial charge is 0.342 e. The highest BCUT2D eigenvalue weighted by Gasteiger charge is 2.22. The Morgan fingerprint density at radius 1 is 1.26 bits per heavy atom. The van der Waals surface area contributed by atoms with Crippen LogP contribution in [0.3, 0.4) is 0 Å². The van der Waals surface area contributed by atoms with E-state index in [4.69, 9.17) is 5.73 Å². The van der Waals surface area contributed by atoms with Gasteiger partial charge in [0.25, 0.3) is 0 Å². The second kappa shape index (κ2) is 6.66. The first-order valence-electron chi connectivity index (χ1n) is 6.91. The summed E-state index contributed by atoms with van der Waals surface area (Å²) in [5, 5.41) is 0. The molecular weight excluding hydrogens is 243 g/mol. The number of carbonyl (C=O) groups excluding carboxylic acids is 1. The third kappa shape index (κ3) is 4.03. The van der Waals surface area contributed by atoms with Gasteiger partial charge in [-0.15, -0.1) is 0 Å². The molecule has 0 aromatic heterocycles. The van der Waals surface area contributed by atoms with E-state index in [0.717, 1.165) is 44.5 Å². The summed E-state index contributed by atoms with van der Waals surface area (Å²) in [7, 11) is 0. The molecule has 0 spiro atoms. The standard InChI is InChI=1S/C15H21FN2O/c16-14-3-1-13(2-4-14)11-15(19)18-9-6-12(5-8-17)7-10-18/h1-4,12H,5-11,17H2. The highest BCUT2D eigenvalue weighted by atomic mass is 19.1. The van der Waals surface area contributed by atoms with Crippen molar-refractivity contribution in [3.05, 3.63) is 35.6 Å². The van der Waals surface area contributed by atoms with Gasteiger partial charge in [0.15, 0.2) is 0 Å². The molecule has 0 unspecified atom stereocenters. The average molecular weight is 264 g/mol. The molecule has 0 aliphatic carbocycles. The van der Waals surface area contributed by atoms with Crippen LogP contribution in [-0.2, 0) is 11.2 Å². The molecule has 1 amide bonds. The lowest BCUT2D eigenvalue weighted by Gasteiger charge is -2.32. The van der Waals surface area contributed by atoms with E-state index in [9.17, 15) is 9.18 Å². The van der Waals surface area contributed by atoms with Gasteiger partial charge in [-0.25, -0.2) is 4.39 Å². The van der Waals surface area contributed by atoms with Gasteiger partial charge in [-0.05, 0) is 49.4 Å². The van der Waals surface area contributed by atoms with Crippen molar-refractivity contribution in [2.45, 2.75) is 25.7 Å². The van der Waals surface area contributed by atoms with Crippen molar-refractivity contribution in [1.29, 1.82) is 0 Å². The number of hydrogen-bond donors (Lipinski definition) is 1. The summed E-state index contributed by atoms with van der Waals surface area (Å²) < 4.78 is 12.8. The van der Waals surface area contributed by atoms with Crippen LogP contribution < -0.4 is 5.73 Å². The Hall–Kier alpha value is -1.42. The van der Waals surface area contributed by atoms with Crippen LogP contribution in [0.5, 0.6) is 0 Å². The normalized spacial score (nSPS) is 16.6. The maximum Gasteiger partial charge on any atom is 0.226 e. The van der Waals surface area contributed by atoms with Crippen LogP contribution in [0.15, 0.2) is 24.3 Å². The Kier molecular flexibility index (Phi) is 4.91. The molecule has 1 fully saturated rings. The number of halogens is 1. The van der Waals surface area contributed by atoms with Crippen molar-refractivity contribution < 1.29 is 9.18 Å². The molecular formula is C15H21FN2O. The molecule has 0 saturated carbocycles. The first kappa shape index (κ1) is 14.0. The Morgan fingerprint density at radius 2 is 1.89 bits per heavy atom. The quantitative estimate of drug-likeness (QED) is 0.903. The topological polar surface area (TPSA) is 46.3 Å². The maximum atomic E-state index is 12.8. The highest BCUT2D eigenvalue weighted by Crippen LogP contribution is 2.20. The summed E-state index contributed by atoms with van der Waals surface area (Å²) in [4.78, 5) is 14.0. The van der Waals surface area contributed by atoms with Gasteiger partial charge in [-0.3, -0.25) is 4.79 Å². The first-order chi connectivity index (χ1) is 9.19. The number of hydrogen-bond acceptors (Lipinski definition) is 2. The van der Waals surface area contributed by atoms with Gasteiger partial charge < -0.3 is 10.6 Å². The first-order valence-corrected chi connectivity index (χ1v) is 6.91. The van der Waals surface area contributed by atoms with Crippen LogP contribution in [0.4, 0.5) is 4.39 Å². The average Bonchev–Trinajstić information content (AvgIpc) is 2.42. The molecule has 1 aliphatic heterocycles. The monoisotopic (exact) mass is 264 g/mol. The lowest BCUT2D eigenvalue weighted by Crippen LogP contribution is -2.39. The van der Waals surface area contributed by atoms with Gasteiger partial charge in [0.05, 0.1) is 6.42 Å². The van der Waals surface area contributed by atoms with Crippen LogP contribution in [0, 0.1) is 11.7 Å². The van der Waals surface area contributed by atoms with E-state index in [2.05, 4.69) is 0 Å². The van der Waals surface area contributed by atoms with Crippen molar-refractivity contribution in [3.63, 3.8) is 0 Å². The Bertz CT molecular complexity index is 411. The fraction of sp³-hybridized carbons (Fsp3) is 0.533. The van der Waals surface area contributed by atoms with Crippen LogP contribution >= 0.6 is 0 Å². The van der Waals surface area contributed by atoms with Crippen molar-refractivity contribution in [2.24, 2.45) is 11.7 Å². The number of piperidine rings is 1. The van der Waals surface area contributed by atoms with E-state index in [0.29, 0.717) is 12.3 Å². The number of nitrogens with two attached hydrogens (primary N) is 1. The van der Waals surface area contributed by atoms with Crippen molar-refractivity contribution >= 4 is 5.91 Å².